The van der Waals surface area contributed by atoms with Gasteiger partial charge in [0.2, 0.25) is 0 Å². The molecule has 1 aromatic rings. The van der Waals surface area contributed by atoms with Crippen LogP contribution in [0.5, 0.6) is 0 Å². The normalized spacial score (nSPS) is 14.8. The van der Waals surface area contributed by atoms with E-state index < -0.39 is 6.04 Å². The summed E-state index contributed by atoms with van der Waals surface area (Å²) in [6.07, 6.45) is 3.52. The van der Waals surface area contributed by atoms with E-state index in [1.807, 2.05) is 20.8 Å². The second-order valence-electron chi connectivity index (χ2n) is 4.27. The van der Waals surface area contributed by atoms with Crippen molar-refractivity contribution in [2.24, 2.45) is 11.7 Å². The minimum atomic E-state index is -0.637. The highest BCUT2D eigenvalue weighted by Crippen LogP contribution is 2.07. The Labute approximate surface area is 95.4 Å². The predicted molar refractivity (Wildman–Crippen MR) is 60.7 cm³/mol. The maximum absolute atomic E-state index is 11.6. The van der Waals surface area contributed by atoms with Crippen molar-refractivity contribution in [3.05, 3.63) is 18.2 Å². The van der Waals surface area contributed by atoms with E-state index in [1.54, 1.807) is 12.5 Å². The molecule has 2 atom stereocenters. The maximum Gasteiger partial charge on any atom is 0.323 e. The number of carbonyl (C=O) groups excluding carboxylic acids is 1. The molecule has 0 spiro atoms. The summed E-state index contributed by atoms with van der Waals surface area (Å²) in [6, 6.07) is -0.637. The van der Waals surface area contributed by atoms with Crippen molar-refractivity contribution in [1.29, 1.82) is 0 Å². The highest BCUT2D eigenvalue weighted by Gasteiger charge is 2.20. The van der Waals surface area contributed by atoms with Crippen LogP contribution in [0.4, 0.5) is 0 Å². The van der Waals surface area contributed by atoms with E-state index in [2.05, 4.69) is 9.97 Å². The monoisotopic (exact) mass is 225 g/mol. The molecular formula is C11H19N3O2. The van der Waals surface area contributed by atoms with E-state index in [9.17, 15) is 4.79 Å². The molecule has 0 fully saturated rings. The van der Waals surface area contributed by atoms with Gasteiger partial charge in [-0.2, -0.15) is 0 Å². The number of hydrogen-bond acceptors (Lipinski definition) is 4. The number of nitrogens with two attached hydrogens (primary N) is 1. The first-order valence-electron chi connectivity index (χ1n) is 5.44. The standard InChI is InChI=1S/C11H19N3O2/c1-7(2)8(3)16-11(15)10(12)4-9-5-13-6-14-9/h5-8,10H,4,12H2,1-3H3,(H,13,14). The highest BCUT2D eigenvalue weighted by atomic mass is 16.5. The number of esters is 1. The van der Waals surface area contributed by atoms with Crippen molar-refractivity contribution >= 4 is 5.97 Å². The van der Waals surface area contributed by atoms with E-state index in [1.165, 1.54) is 0 Å². The van der Waals surface area contributed by atoms with E-state index >= 15 is 0 Å². The number of imidazole rings is 1. The van der Waals surface area contributed by atoms with Crippen LogP contribution in [0.25, 0.3) is 0 Å². The summed E-state index contributed by atoms with van der Waals surface area (Å²) < 4.78 is 5.22. The largest absolute Gasteiger partial charge is 0.461 e. The summed E-state index contributed by atoms with van der Waals surface area (Å²) in [5.41, 5.74) is 6.57. The number of hydrogen-bond donors (Lipinski definition) is 2. The number of aromatic nitrogens is 2. The Morgan fingerprint density at radius 2 is 2.25 bits per heavy atom. The van der Waals surface area contributed by atoms with Gasteiger partial charge in [0.15, 0.2) is 0 Å². The summed E-state index contributed by atoms with van der Waals surface area (Å²) in [6.45, 7) is 5.86. The van der Waals surface area contributed by atoms with Gasteiger partial charge in [0.1, 0.15) is 12.1 Å². The number of nitrogens with zero attached hydrogens (tertiary/aromatic N) is 1. The van der Waals surface area contributed by atoms with Gasteiger partial charge in [-0.25, -0.2) is 4.98 Å². The lowest BCUT2D eigenvalue weighted by Crippen LogP contribution is -2.37. The lowest BCUT2D eigenvalue weighted by molar-refractivity contribution is -0.151. The Bertz CT molecular complexity index is 322. The van der Waals surface area contributed by atoms with Crippen LogP contribution in [0.3, 0.4) is 0 Å². The Kier molecular flexibility index (Phi) is 4.49. The molecule has 1 heterocycles. The van der Waals surface area contributed by atoms with Crippen molar-refractivity contribution in [2.75, 3.05) is 0 Å². The Hall–Kier alpha value is -1.36. The third-order valence-corrected chi connectivity index (χ3v) is 2.54. The molecule has 0 radical (unpaired) electrons. The van der Waals surface area contributed by atoms with Gasteiger partial charge >= 0.3 is 5.97 Å². The average molecular weight is 225 g/mol. The molecule has 0 aliphatic carbocycles. The fraction of sp³-hybridized carbons (Fsp3) is 0.636. The number of rotatable bonds is 5. The molecule has 0 bridgehead atoms. The zero-order valence-electron chi connectivity index (χ0n) is 9.93. The predicted octanol–water partition coefficient (Wildman–Crippen LogP) is 0.867. The molecular weight excluding hydrogens is 206 g/mol. The summed E-state index contributed by atoms with van der Waals surface area (Å²) in [7, 11) is 0. The number of nitrogens with one attached hydrogen (secondary N) is 1. The minimum Gasteiger partial charge on any atom is -0.461 e. The van der Waals surface area contributed by atoms with Crippen LogP contribution in [0.1, 0.15) is 26.5 Å². The van der Waals surface area contributed by atoms with Gasteiger partial charge in [-0.1, -0.05) is 13.8 Å². The second kappa shape index (κ2) is 5.65. The average Bonchev–Trinajstić information content (AvgIpc) is 2.69. The molecule has 0 aromatic carbocycles. The number of ether oxygens (including phenoxy) is 1. The Morgan fingerprint density at radius 1 is 1.56 bits per heavy atom. The van der Waals surface area contributed by atoms with E-state index in [0.717, 1.165) is 5.69 Å². The smallest absolute Gasteiger partial charge is 0.323 e. The first-order valence-corrected chi connectivity index (χ1v) is 5.44. The molecule has 0 aliphatic heterocycles. The van der Waals surface area contributed by atoms with Crippen LogP contribution in [0.15, 0.2) is 12.5 Å². The van der Waals surface area contributed by atoms with Crippen LogP contribution in [0, 0.1) is 5.92 Å². The van der Waals surface area contributed by atoms with Crippen molar-refractivity contribution in [3.63, 3.8) is 0 Å². The van der Waals surface area contributed by atoms with Gasteiger partial charge in [-0.15, -0.1) is 0 Å². The van der Waals surface area contributed by atoms with Gasteiger partial charge in [-0.3, -0.25) is 4.79 Å². The van der Waals surface area contributed by atoms with Gasteiger partial charge in [0.25, 0.3) is 0 Å². The lowest BCUT2D eigenvalue weighted by Gasteiger charge is -2.19. The fourth-order valence-corrected chi connectivity index (χ4v) is 1.12. The van der Waals surface area contributed by atoms with Gasteiger partial charge in [-0.05, 0) is 12.8 Å². The second-order valence-corrected chi connectivity index (χ2v) is 4.27. The Morgan fingerprint density at radius 3 is 2.75 bits per heavy atom. The van der Waals surface area contributed by atoms with E-state index in [-0.39, 0.29) is 12.1 Å². The van der Waals surface area contributed by atoms with Crippen molar-refractivity contribution in [3.8, 4) is 0 Å². The van der Waals surface area contributed by atoms with Crippen LogP contribution < -0.4 is 5.73 Å². The molecule has 3 N–H and O–H groups in total. The Balaban J connectivity index is 2.42. The summed E-state index contributed by atoms with van der Waals surface area (Å²) in [4.78, 5) is 18.4. The highest BCUT2D eigenvalue weighted by molar-refractivity contribution is 5.75. The molecule has 1 aromatic heterocycles. The zero-order chi connectivity index (χ0) is 12.1. The van der Waals surface area contributed by atoms with Gasteiger partial charge < -0.3 is 15.5 Å². The number of aromatic amines is 1. The number of H-pyrrole nitrogens is 1. The maximum atomic E-state index is 11.6. The minimum absolute atomic E-state index is 0.111. The third kappa shape index (κ3) is 3.66. The fourth-order valence-electron chi connectivity index (χ4n) is 1.12. The molecule has 2 unspecified atom stereocenters. The van der Waals surface area contributed by atoms with Crippen LogP contribution in [-0.2, 0) is 16.0 Å². The molecule has 5 nitrogen and oxygen atoms in total. The first kappa shape index (κ1) is 12.7. The van der Waals surface area contributed by atoms with Crippen molar-refractivity contribution in [1.82, 2.24) is 9.97 Å². The summed E-state index contributed by atoms with van der Waals surface area (Å²) >= 11 is 0. The third-order valence-electron chi connectivity index (χ3n) is 2.54. The molecule has 1 rings (SSSR count). The molecule has 0 saturated carbocycles. The summed E-state index contributed by atoms with van der Waals surface area (Å²) in [5, 5.41) is 0. The van der Waals surface area contributed by atoms with Crippen LogP contribution in [0.2, 0.25) is 0 Å². The molecule has 0 amide bonds. The zero-order valence-corrected chi connectivity index (χ0v) is 9.93. The van der Waals surface area contributed by atoms with E-state index in [4.69, 9.17) is 10.5 Å². The number of carbonyl (C=O) groups is 1. The quantitative estimate of drug-likeness (QED) is 0.728. The topological polar surface area (TPSA) is 81.0 Å². The lowest BCUT2D eigenvalue weighted by atomic mass is 10.1. The van der Waals surface area contributed by atoms with Crippen molar-refractivity contribution < 1.29 is 9.53 Å². The van der Waals surface area contributed by atoms with Gasteiger partial charge in [0.05, 0.1) is 6.33 Å². The first-order chi connectivity index (χ1) is 7.50. The molecule has 0 saturated heterocycles. The molecule has 16 heavy (non-hydrogen) atoms. The van der Waals surface area contributed by atoms with Crippen molar-refractivity contribution in [2.45, 2.75) is 39.3 Å². The summed E-state index contributed by atoms with van der Waals surface area (Å²) in [5.74, 6) is -0.0703. The molecule has 5 heteroatoms. The molecule has 90 valence electrons. The van der Waals surface area contributed by atoms with Crippen LogP contribution >= 0.6 is 0 Å². The van der Waals surface area contributed by atoms with E-state index in [0.29, 0.717) is 12.3 Å². The van der Waals surface area contributed by atoms with Gasteiger partial charge in [0, 0.05) is 18.3 Å². The SMILES string of the molecule is CC(C)C(C)OC(=O)C(N)Cc1cnc[nH]1. The van der Waals surface area contributed by atoms with Crippen LogP contribution in [-0.4, -0.2) is 28.1 Å². The molecule has 0 aliphatic rings.